The molecule has 0 unspecified atom stereocenters. The topological polar surface area (TPSA) is 73.1 Å². The highest BCUT2D eigenvalue weighted by Crippen LogP contribution is 2.32. The van der Waals surface area contributed by atoms with Gasteiger partial charge in [0, 0.05) is 29.6 Å². The zero-order valence-corrected chi connectivity index (χ0v) is 18.0. The number of rotatable bonds is 7. The molecule has 1 fully saturated rings. The number of ether oxygens (including phenoxy) is 1. The van der Waals surface area contributed by atoms with Crippen LogP contribution in [0.3, 0.4) is 0 Å². The Hall–Kier alpha value is -2.70. The summed E-state index contributed by atoms with van der Waals surface area (Å²) in [5, 5.41) is 4.07. The van der Waals surface area contributed by atoms with Gasteiger partial charge in [0.2, 0.25) is 0 Å². The SMILES string of the molecule is NC[C@H]1CC[C@H](Nc2cc(-c3cncc(OCc4cccc(F)c4)c3)c(Cl)cn2)CC1. The fourth-order valence-electron chi connectivity index (χ4n) is 3.93. The third kappa shape index (κ3) is 5.71. The molecular weight excluding hydrogens is 415 g/mol. The standard InChI is InChI=1S/C24H26ClFN4O/c25-23-14-29-24(30-20-6-4-16(11-27)5-7-20)10-22(23)18-9-21(13-28-12-18)31-15-17-2-1-3-19(26)8-17/h1-3,8-10,12-14,16,20H,4-7,11,15,27H2,(H,29,30)/t16-,20-. The molecule has 1 aromatic carbocycles. The summed E-state index contributed by atoms with van der Waals surface area (Å²) in [5.74, 6) is 1.73. The minimum atomic E-state index is -0.284. The number of nitrogens with one attached hydrogen (secondary N) is 1. The van der Waals surface area contributed by atoms with E-state index in [1.165, 1.54) is 12.1 Å². The minimum absolute atomic E-state index is 0.255. The zero-order valence-electron chi connectivity index (χ0n) is 17.2. The van der Waals surface area contributed by atoms with Crippen LogP contribution in [0.2, 0.25) is 5.02 Å². The lowest BCUT2D eigenvalue weighted by atomic mass is 9.86. The van der Waals surface area contributed by atoms with Crippen molar-refractivity contribution in [3.05, 3.63) is 71.4 Å². The van der Waals surface area contributed by atoms with E-state index in [1.54, 1.807) is 24.7 Å². The van der Waals surface area contributed by atoms with Gasteiger partial charge >= 0.3 is 0 Å². The van der Waals surface area contributed by atoms with E-state index in [0.717, 1.165) is 54.7 Å². The van der Waals surface area contributed by atoms with Crippen molar-refractivity contribution < 1.29 is 9.13 Å². The van der Waals surface area contributed by atoms with E-state index >= 15 is 0 Å². The van der Waals surface area contributed by atoms with Crippen molar-refractivity contribution in [1.29, 1.82) is 0 Å². The average molecular weight is 441 g/mol. The van der Waals surface area contributed by atoms with Crippen molar-refractivity contribution in [3.8, 4) is 16.9 Å². The lowest BCUT2D eigenvalue weighted by Crippen LogP contribution is -2.29. The Morgan fingerprint density at radius 3 is 2.71 bits per heavy atom. The molecule has 0 radical (unpaired) electrons. The van der Waals surface area contributed by atoms with Gasteiger partial charge in [0.15, 0.2) is 0 Å². The van der Waals surface area contributed by atoms with E-state index < -0.39 is 0 Å². The molecular formula is C24H26ClFN4O. The van der Waals surface area contributed by atoms with Crippen LogP contribution in [0.5, 0.6) is 5.75 Å². The van der Waals surface area contributed by atoms with Crippen LogP contribution in [0.4, 0.5) is 10.2 Å². The molecule has 1 aliphatic carbocycles. The van der Waals surface area contributed by atoms with Crippen LogP contribution >= 0.6 is 11.6 Å². The summed E-state index contributed by atoms with van der Waals surface area (Å²) in [5.41, 5.74) is 8.21. The summed E-state index contributed by atoms with van der Waals surface area (Å²) in [6, 6.07) is 10.6. The predicted molar refractivity (Wildman–Crippen MR) is 122 cm³/mol. The second-order valence-corrected chi connectivity index (χ2v) is 8.38. The molecule has 0 saturated heterocycles. The molecule has 31 heavy (non-hydrogen) atoms. The van der Waals surface area contributed by atoms with E-state index in [2.05, 4.69) is 15.3 Å². The van der Waals surface area contributed by atoms with Crippen molar-refractivity contribution in [2.45, 2.75) is 38.3 Å². The van der Waals surface area contributed by atoms with Gasteiger partial charge < -0.3 is 15.8 Å². The molecule has 2 heterocycles. The second-order valence-electron chi connectivity index (χ2n) is 7.97. The number of benzene rings is 1. The van der Waals surface area contributed by atoms with Crippen molar-refractivity contribution in [1.82, 2.24) is 9.97 Å². The largest absolute Gasteiger partial charge is 0.487 e. The highest BCUT2D eigenvalue weighted by Gasteiger charge is 2.20. The maximum absolute atomic E-state index is 13.4. The van der Waals surface area contributed by atoms with Crippen LogP contribution < -0.4 is 15.8 Å². The van der Waals surface area contributed by atoms with E-state index in [-0.39, 0.29) is 12.4 Å². The van der Waals surface area contributed by atoms with E-state index in [1.807, 2.05) is 18.2 Å². The zero-order chi connectivity index (χ0) is 21.6. The Morgan fingerprint density at radius 2 is 1.94 bits per heavy atom. The van der Waals surface area contributed by atoms with Crippen molar-refractivity contribution in [2.24, 2.45) is 11.7 Å². The number of hydrogen-bond acceptors (Lipinski definition) is 5. The first-order valence-electron chi connectivity index (χ1n) is 10.6. The number of aromatic nitrogens is 2. The van der Waals surface area contributed by atoms with Crippen LogP contribution in [0.1, 0.15) is 31.2 Å². The maximum atomic E-state index is 13.4. The third-order valence-corrected chi connectivity index (χ3v) is 6.01. The van der Waals surface area contributed by atoms with E-state index in [4.69, 9.17) is 22.1 Å². The number of nitrogens with zero attached hydrogens (tertiary/aromatic N) is 2. The summed E-state index contributed by atoms with van der Waals surface area (Å²) in [4.78, 5) is 8.73. The van der Waals surface area contributed by atoms with Crippen molar-refractivity contribution in [3.63, 3.8) is 0 Å². The summed E-state index contributed by atoms with van der Waals surface area (Å²) < 4.78 is 19.2. The molecule has 4 rings (SSSR count). The number of nitrogens with two attached hydrogens (primary N) is 1. The molecule has 7 heteroatoms. The Kier molecular flexibility index (Phi) is 6.99. The summed E-state index contributed by atoms with van der Waals surface area (Å²) in [7, 11) is 0. The summed E-state index contributed by atoms with van der Waals surface area (Å²) in [6.07, 6.45) is 9.50. The quantitative estimate of drug-likeness (QED) is 0.511. The Labute approximate surface area is 186 Å². The highest BCUT2D eigenvalue weighted by molar-refractivity contribution is 6.33. The molecule has 1 aliphatic rings. The molecule has 2 aromatic heterocycles. The highest BCUT2D eigenvalue weighted by atomic mass is 35.5. The molecule has 3 N–H and O–H groups in total. The number of pyridine rings is 2. The van der Waals surface area contributed by atoms with E-state index in [0.29, 0.717) is 22.7 Å². The van der Waals surface area contributed by atoms with Gasteiger partial charge in [-0.1, -0.05) is 23.7 Å². The van der Waals surface area contributed by atoms with Crippen LogP contribution in [-0.2, 0) is 6.61 Å². The first-order chi connectivity index (χ1) is 15.1. The van der Waals surface area contributed by atoms with E-state index in [9.17, 15) is 4.39 Å². The first kappa shape index (κ1) is 21.5. The summed E-state index contributed by atoms with van der Waals surface area (Å²) in [6.45, 7) is 1.02. The van der Waals surface area contributed by atoms with Gasteiger partial charge in [-0.05, 0) is 68.0 Å². The number of anilines is 1. The second kappa shape index (κ2) is 10.1. The normalized spacial score (nSPS) is 18.5. The smallest absolute Gasteiger partial charge is 0.138 e. The van der Waals surface area contributed by atoms with Gasteiger partial charge in [-0.2, -0.15) is 0 Å². The van der Waals surface area contributed by atoms with Crippen molar-refractivity contribution in [2.75, 3.05) is 11.9 Å². The fraction of sp³-hybridized carbons (Fsp3) is 0.333. The fourth-order valence-corrected chi connectivity index (χ4v) is 4.14. The third-order valence-electron chi connectivity index (χ3n) is 5.71. The minimum Gasteiger partial charge on any atom is -0.487 e. The molecule has 0 bridgehead atoms. The van der Waals surface area contributed by atoms with Gasteiger partial charge in [0.1, 0.15) is 24.0 Å². The predicted octanol–water partition coefficient (Wildman–Crippen LogP) is 5.44. The first-order valence-corrected chi connectivity index (χ1v) is 10.9. The van der Waals surface area contributed by atoms with Crippen LogP contribution in [0, 0.1) is 11.7 Å². The maximum Gasteiger partial charge on any atom is 0.138 e. The van der Waals surface area contributed by atoms with Crippen LogP contribution in [0.15, 0.2) is 55.0 Å². The van der Waals surface area contributed by atoms with Crippen molar-refractivity contribution >= 4 is 17.4 Å². The van der Waals surface area contributed by atoms with Gasteiger partial charge in [-0.3, -0.25) is 4.98 Å². The van der Waals surface area contributed by atoms with Gasteiger partial charge in [-0.15, -0.1) is 0 Å². The molecule has 5 nitrogen and oxygen atoms in total. The van der Waals surface area contributed by atoms with Crippen LogP contribution in [0.25, 0.3) is 11.1 Å². The average Bonchev–Trinajstić information content (AvgIpc) is 2.80. The Bertz CT molecular complexity index is 1020. The lowest BCUT2D eigenvalue weighted by Gasteiger charge is -2.28. The number of halogens is 2. The number of hydrogen-bond donors (Lipinski definition) is 2. The lowest BCUT2D eigenvalue weighted by molar-refractivity contribution is 0.304. The Morgan fingerprint density at radius 1 is 1.10 bits per heavy atom. The monoisotopic (exact) mass is 440 g/mol. The Balaban J connectivity index is 1.46. The molecule has 0 spiro atoms. The van der Waals surface area contributed by atoms with Crippen LogP contribution in [-0.4, -0.2) is 22.6 Å². The summed E-state index contributed by atoms with van der Waals surface area (Å²) >= 11 is 6.44. The molecule has 1 saturated carbocycles. The molecule has 0 atom stereocenters. The molecule has 3 aromatic rings. The van der Waals surface area contributed by atoms with Gasteiger partial charge in [0.25, 0.3) is 0 Å². The molecule has 0 amide bonds. The molecule has 0 aliphatic heterocycles. The van der Waals surface area contributed by atoms with Gasteiger partial charge in [-0.25, -0.2) is 9.37 Å². The molecule has 162 valence electrons. The van der Waals surface area contributed by atoms with Gasteiger partial charge in [0.05, 0.1) is 11.2 Å².